The van der Waals surface area contributed by atoms with E-state index in [0.717, 1.165) is 0 Å². The molecule has 9 atom stereocenters. The van der Waals surface area contributed by atoms with E-state index in [0.29, 0.717) is 19.3 Å². The summed E-state index contributed by atoms with van der Waals surface area (Å²) < 4.78 is 24.6. The number of aliphatic hydroxyl groups is 1. The molecule has 0 aromatic carbocycles. The summed E-state index contributed by atoms with van der Waals surface area (Å²) >= 11 is 0. The molecule has 0 aromatic rings. The molecule has 13 heteroatoms. The maximum atomic E-state index is 11.7. The SMILES string of the molecule is COC(=O)[C@@H]1C[C@H](NC(=O)OC(C)(C)C)C=C[C@H]1C.COC(=O)[C@H]1C[C@@H](O)C=C[C@H]1C.COC(=O)[C@H]1C[C@H](NC(=O)OC(C)(C)C)C=C[C@H]1C. The van der Waals surface area contributed by atoms with Crippen LogP contribution in [0.3, 0.4) is 0 Å². The molecule has 3 aliphatic carbocycles. The summed E-state index contributed by atoms with van der Waals surface area (Å²) in [4.78, 5) is 57.8. The number of methoxy groups -OCH3 is 3. The number of aliphatic hydroxyl groups excluding tert-OH is 1. The van der Waals surface area contributed by atoms with Crippen molar-refractivity contribution in [3.63, 3.8) is 0 Å². The summed E-state index contributed by atoms with van der Waals surface area (Å²) in [5.41, 5.74) is -1.06. The molecular weight excluding hydrogens is 648 g/mol. The summed E-state index contributed by atoms with van der Waals surface area (Å²) in [5.74, 6) is -0.958. The maximum Gasteiger partial charge on any atom is 0.408 e. The molecule has 0 aromatic heterocycles. The Labute approximate surface area is 297 Å². The van der Waals surface area contributed by atoms with E-state index in [2.05, 4.69) is 15.4 Å². The third kappa shape index (κ3) is 16.2. The highest BCUT2D eigenvalue weighted by Gasteiger charge is 2.33. The van der Waals surface area contributed by atoms with E-state index in [1.807, 2.05) is 92.7 Å². The minimum Gasteiger partial charge on any atom is -0.469 e. The lowest BCUT2D eigenvalue weighted by Gasteiger charge is -2.29. The maximum absolute atomic E-state index is 11.7. The monoisotopic (exact) mass is 708 g/mol. The van der Waals surface area contributed by atoms with Gasteiger partial charge in [0.25, 0.3) is 0 Å². The predicted molar refractivity (Wildman–Crippen MR) is 188 cm³/mol. The molecule has 0 fully saturated rings. The molecule has 0 aliphatic heterocycles. The van der Waals surface area contributed by atoms with E-state index in [-0.39, 0.29) is 65.5 Å². The highest BCUT2D eigenvalue weighted by molar-refractivity contribution is 5.75. The van der Waals surface area contributed by atoms with Crippen molar-refractivity contribution in [2.45, 2.75) is 111 Å². The van der Waals surface area contributed by atoms with Crippen LogP contribution in [0.2, 0.25) is 0 Å². The average Bonchev–Trinajstić information content (AvgIpc) is 3.01. The van der Waals surface area contributed by atoms with Crippen molar-refractivity contribution in [3.05, 3.63) is 36.5 Å². The first kappa shape index (κ1) is 44.2. The largest absolute Gasteiger partial charge is 0.469 e. The van der Waals surface area contributed by atoms with E-state index in [1.54, 1.807) is 6.08 Å². The van der Waals surface area contributed by atoms with Gasteiger partial charge >= 0.3 is 30.1 Å². The molecule has 3 N–H and O–H groups in total. The van der Waals surface area contributed by atoms with Gasteiger partial charge in [-0.2, -0.15) is 0 Å². The quantitative estimate of drug-likeness (QED) is 0.193. The second-order valence-corrected chi connectivity index (χ2v) is 14.9. The predicted octanol–water partition coefficient (Wildman–Crippen LogP) is 5.26. The van der Waals surface area contributed by atoms with Gasteiger partial charge in [-0.25, -0.2) is 9.59 Å². The summed E-state index contributed by atoms with van der Waals surface area (Å²) in [6.07, 6.45) is 11.3. The fourth-order valence-electron chi connectivity index (χ4n) is 5.53. The van der Waals surface area contributed by atoms with Gasteiger partial charge in [0, 0.05) is 0 Å². The van der Waals surface area contributed by atoms with Gasteiger partial charge in [-0.15, -0.1) is 0 Å². The minimum absolute atomic E-state index is 0.115. The van der Waals surface area contributed by atoms with Crippen LogP contribution in [-0.4, -0.2) is 85.9 Å². The number of esters is 3. The van der Waals surface area contributed by atoms with Crippen LogP contribution >= 0.6 is 0 Å². The van der Waals surface area contributed by atoms with Gasteiger partial charge < -0.3 is 39.4 Å². The average molecular weight is 709 g/mol. The third-order valence-corrected chi connectivity index (χ3v) is 8.26. The van der Waals surface area contributed by atoms with Gasteiger partial charge in [0.15, 0.2) is 0 Å². The number of hydrogen-bond donors (Lipinski definition) is 3. The van der Waals surface area contributed by atoms with Gasteiger partial charge in [0.05, 0.1) is 57.3 Å². The van der Waals surface area contributed by atoms with Crippen molar-refractivity contribution in [2.75, 3.05) is 21.3 Å². The van der Waals surface area contributed by atoms with E-state index in [4.69, 9.17) is 18.9 Å². The van der Waals surface area contributed by atoms with Crippen LogP contribution in [0.1, 0.15) is 81.6 Å². The molecule has 0 bridgehead atoms. The van der Waals surface area contributed by atoms with Crippen LogP contribution in [0.15, 0.2) is 36.5 Å². The molecule has 2 amide bonds. The zero-order valence-corrected chi connectivity index (χ0v) is 31.8. The number of allylic oxidation sites excluding steroid dienone is 3. The Morgan fingerprint density at radius 2 is 0.840 bits per heavy atom. The second-order valence-electron chi connectivity index (χ2n) is 14.9. The first-order chi connectivity index (χ1) is 23.1. The minimum atomic E-state index is -0.530. The van der Waals surface area contributed by atoms with Crippen LogP contribution in [0.5, 0.6) is 0 Å². The Balaban J connectivity index is 0.000000385. The van der Waals surface area contributed by atoms with Crippen molar-refractivity contribution in [3.8, 4) is 0 Å². The van der Waals surface area contributed by atoms with E-state index in [1.165, 1.54) is 21.3 Å². The highest BCUT2D eigenvalue weighted by atomic mass is 16.6. The molecule has 0 spiro atoms. The number of nitrogens with one attached hydrogen (secondary N) is 2. The number of ether oxygens (including phenoxy) is 5. The molecule has 0 saturated carbocycles. The molecular formula is C37H60N2O11. The summed E-state index contributed by atoms with van der Waals surface area (Å²) in [7, 11) is 4.13. The fourth-order valence-corrected chi connectivity index (χ4v) is 5.53. The fraction of sp³-hybridized carbons (Fsp3) is 0.703. The Morgan fingerprint density at radius 1 is 0.540 bits per heavy atom. The van der Waals surface area contributed by atoms with E-state index < -0.39 is 29.5 Å². The second kappa shape index (κ2) is 20.1. The molecule has 0 unspecified atom stereocenters. The van der Waals surface area contributed by atoms with Gasteiger partial charge in [-0.3, -0.25) is 14.4 Å². The smallest absolute Gasteiger partial charge is 0.408 e. The lowest BCUT2D eigenvalue weighted by Crippen LogP contribution is -2.42. The van der Waals surface area contributed by atoms with Crippen LogP contribution in [0.25, 0.3) is 0 Å². The molecule has 50 heavy (non-hydrogen) atoms. The van der Waals surface area contributed by atoms with Crippen molar-refractivity contribution < 1.29 is 52.8 Å². The number of hydrogen-bond acceptors (Lipinski definition) is 11. The first-order valence-corrected chi connectivity index (χ1v) is 17.1. The van der Waals surface area contributed by atoms with Gasteiger partial charge in [0.1, 0.15) is 11.2 Å². The van der Waals surface area contributed by atoms with Crippen molar-refractivity contribution in [1.82, 2.24) is 10.6 Å². The zero-order chi connectivity index (χ0) is 38.4. The molecule has 13 nitrogen and oxygen atoms in total. The number of amides is 2. The third-order valence-electron chi connectivity index (χ3n) is 8.26. The first-order valence-electron chi connectivity index (χ1n) is 17.1. The molecule has 284 valence electrons. The van der Waals surface area contributed by atoms with Crippen LogP contribution in [0, 0.1) is 35.5 Å². The molecule has 3 rings (SSSR count). The summed E-state index contributed by atoms with van der Waals surface area (Å²) in [6.45, 7) is 16.7. The van der Waals surface area contributed by atoms with Crippen molar-refractivity contribution in [2.24, 2.45) is 35.5 Å². The number of rotatable bonds is 5. The molecule has 0 radical (unpaired) electrons. The topological polar surface area (TPSA) is 176 Å². The van der Waals surface area contributed by atoms with Gasteiger partial charge in [-0.1, -0.05) is 57.2 Å². The number of carbonyl (C=O) groups is 5. The van der Waals surface area contributed by atoms with Crippen LogP contribution in [0.4, 0.5) is 9.59 Å². The summed E-state index contributed by atoms with van der Waals surface area (Å²) in [6, 6.07) is -0.398. The zero-order valence-electron chi connectivity index (χ0n) is 31.8. The van der Waals surface area contributed by atoms with E-state index in [9.17, 15) is 29.1 Å². The molecule has 0 saturated heterocycles. The molecule has 0 heterocycles. The number of alkyl carbamates (subject to hydrolysis) is 2. The van der Waals surface area contributed by atoms with Gasteiger partial charge in [0.2, 0.25) is 0 Å². The van der Waals surface area contributed by atoms with E-state index >= 15 is 0 Å². The molecule has 3 aliphatic rings. The number of carbonyl (C=O) groups excluding carboxylic acids is 5. The Kier molecular flexibility index (Phi) is 17.7. The Morgan fingerprint density at radius 3 is 1.14 bits per heavy atom. The van der Waals surface area contributed by atoms with Crippen LogP contribution in [-0.2, 0) is 38.1 Å². The van der Waals surface area contributed by atoms with Crippen molar-refractivity contribution >= 4 is 30.1 Å². The normalized spacial score (nSPS) is 28.6. The summed E-state index contributed by atoms with van der Waals surface area (Å²) in [5, 5.41) is 14.7. The standard InChI is InChI=1S/2C14H23NO4.C9H14O3/c2*1-9-6-7-10(8-11(9)12(16)18-5)15-13(17)19-14(2,3)4;1-6-3-4-7(10)5-8(6)9(11)12-2/h2*6-7,9-11H,8H2,1-5H3,(H,15,17);3-4,6-8,10H,5H2,1-2H3/t9-,10-,11+;9-,10-,11-;6-,7+,8+/m111/s1. The van der Waals surface area contributed by atoms with Crippen molar-refractivity contribution in [1.29, 1.82) is 0 Å². The highest BCUT2D eigenvalue weighted by Crippen LogP contribution is 2.28. The Hall–Kier alpha value is -3.87. The van der Waals surface area contributed by atoms with Gasteiger partial charge in [-0.05, 0) is 78.6 Å². The lowest BCUT2D eigenvalue weighted by atomic mass is 9.83. The Bertz CT molecular complexity index is 1160. The van der Waals surface area contributed by atoms with Crippen LogP contribution < -0.4 is 10.6 Å². The lowest BCUT2D eigenvalue weighted by molar-refractivity contribution is -0.148.